The summed E-state index contributed by atoms with van der Waals surface area (Å²) in [6.07, 6.45) is 2.93. The average Bonchev–Trinajstić information content (AvgIpc) is 2.52. The molecule has 0 aliphatic heterocycles. The molecule has 2 rings (SSSR count). The van der Waals surface area contributed by atoms with Gasteiger partial charge in [-0.1, -0.05) is 18.5 Å². The van der Waals surface area contributed by atoms with Crippen molar-refractivity contribution in [3.63, 3.8) is 0 Å². The van der Waals surface area contributed by atoms with E-state index in [1.165, 1.54) is 0 Å². The highest BCUT2D eigenvalue weighted by Crippen LogP contribution is 2.32. The predicted molar refractivity (Wildman–Crippen MR) is 93.8 cm³/mol. The van der Waals surface area contributed by atoms with Crippen molar-refractivity contribution >= 4 is 34.7 Å². The third-order valence-electron chi connectivity index (χ3n) is 3.27. The van der Waals surface area contributed by atoms with E-state index in [0.717, 1.165) is 17.7 Å². The summed E-state index contributed by atoms with van der Waals surface area (Å²) in [5.41, 5.74) is 2.40. The highest BCUT2D eigenvalue weighted by molar-refractivity contribution is 6.31. The third-order valence-corrected chi connectivity index (χ3v) is 3.67. The zero-order valence-corrected chi connectivity index (χ0v) is 14.2. The molecule has 0 atom stereocenters. The van der Waals surface area contributed by atoms with E-state index in [-0.39, 0.29) is 5.91 Å². The van der Waals surface area contributed by atoms with E-state index < -0.39 is 0 Å². The molecule has 0 aliphatic rings. The summed E-state index contributed by atoms with van der Waals surface area (Å²) in [6.45, 7) is 3.89. The number of anilines is 3. The van der Waals surface area contributed by atoms with Gasteiger partial charge in [0.25, 0.3) is 0 Å². The largest absolute Gasteiger partial charge is 0.495 e. The molecule has 122 valence electrons. The van der Waals surface area contributed by atoms with E-state index in [1.54, 1.807) is 31.5 Å². The molecule has 1 heterocycles. The van der Waals surface area contributed by atoms with E-state index in [0.29, 0.717) is 28.7 Å². The summed E-state index contributed by atoms with van der Waals surface area (Å²) in [4.78, 5) is 15.9. The number of carbonyl (C=O) groups excluding carboxylic acids is 1. The van der Waals surface area contributed by atoms with Crippen LogP contribution < -0.4 is 15.4 Å². The summed E-state index contributed by atoms with van der Waals surface area (Å²) in [6, 6.07) is 7.27. The van der Waals surface area contributed by atoms with Crippen molar-refractivity contribution in [1.82, 2.24) is 4.98 Å². The molecule has 2 N–H and O–H groups in total. The Labute approximate surface area is 141 Å². The van der Waals surface area contributed by atoms with Crippen LogP contribution in [0, 0.1) is 6.92 Å². The van der Waals surface area contributed by atoms with Crippen molar-refractivity contribution in [3.8, 4) is 5.75 Å². The van der Waals surface area contributed by atoms with Gasteiger partial charge in [0, 0.05) is 17.5 Å². The number of hydrogen-bond acceptors (Lipinski definition) is 4. The maximum atomic E-state index is 11.6. The van der Waals surface area contributed by atoms with Crippen molar-refractivity contribution in [1.29, 1.82) is 0 Å². The highest BCUT2D eigenvalue weighted by Gasteiger charge is 2.08. The van der Waals surface area contributed by atoms with Gasteiger partial charge in [-0.15, -0.1) is 0 Å². The summed E-state index contributed by atoms with van der Waals surface area (Å²) in [7, 11) is 1.59. The number of amides is 1. The predicted octanol–water partition coefficient (Wildman–Crippen LogP) is 4.53. The summed E-state index contributed by atoms with van der Waals surface area (Å²) >= 11 is 6.10. The Morgan fingerprint density at radius 2 is 2.13 bits per heavy atom. The molecule has 2 aromatic rings. The lowest BCUT2D eigenvalue weighted by Gasteiger charge is -2.13. The fourth-order valence-corrected chi connectivity index (χ4v) is 2.21. The molecule has 1 amide bonds. The molecule has 1 aromatic carbocycles. The molecule has 0 fully saturated rings. The van der Waals surface area contributed by atoms with Crippen LogP contribution in [0.1, 0.15) is 25.3 Å². The maximum Gasteiger partial charge on any atom is 0.224 e. The first kappa shape index (κ1) is 17.1. The van der Waals surface area contributed by atoms with Crippen LogP contribution in [-0.2, 0) is 4.79 Å². The molecule has 0 bridgehead atoms. The van der Waals surface area contributed by atoms with Crippen LogP contribution in [0.2, 0.25) is 5.02 Å². The Morgan fingerprint density at radius 1 is 1.35 bits per heavy atom. The number of ether oxygens (including phenoxy) is 1. The molecule has 0 radical (unpaired) electrons. The highest BCUT2D eigenvalue weighted by atomic mass is 35.5. The minimum absolute atomic E-state index is 0.00926. The number of halogens is 1. The summed E-state index contributed by atoms with van der Waals surface area (Å²) in [5.74, 6) is 1.28. The van der Waals surface area contributed by atoms with Gasteiger partial charge in [0.2, 0.25) is 5.91 Å². The molecular formula is C17H20ClN3O2. The van der Waals surface area contributed by atoms with Crippen LogP contribution in [0.15, 0.2) is 30.5 Å². The molecule has 0 saturated carbocycles. The molecule has 1 aromatic heterocycles. The molecule has 5 nitrogen and oxygen atoms in total. The number of rotatable bonds is 6. The Kier molecular flexibility index (Phi) is 5.82. The van der Waals surface area contributed by atoms with Crippen LogP contribution in [0.4, 0.5) is 17.2 Å². The second-order valence-corrected chi connectivity index (χ2v) is 5.56. The normalized spacial score (nSPS) is 10.3. The fourth-order valence-electron chi connectivity index (χ4n) is 2.06. The van der Waals surface area contributed by atoms with Crippen LogP contribution in [-0.4, -0.2) is 18.0 Å². The van der Waals surface area contributed by atoms with Crippen LogP contribution in [0.5, 0.6) is 5.75 Å². The van der Waals surface area contributed by atoms with Crippen molar-refractivity contribution in [2.24, 2.45) is 0 Å². The lowest BCUT2D eigenvalue weighted by atomic mass is 10.2. The lowest BCUT2D eigenvalue weighted by molar-refractivity contribution is -0.116. The van der Waals surface area contributed by atoms with Gasteiger partial charge in [0.05, 0.1) is 24.7 Å². The number of nitrogens with zero attached hydrogens (tertiary/aromatic N) is 1. The van der Waals surface area contributed by atoms with Gasteiger partial charge >= 0.3 is 0 Å². The number of methoxy groups -OCH3 is 1. The number of carbonyl (C=O) groups is 1. The van der Waals surface area contributed by atoms with Crippen LogP contribution in [0.25, 0.3) is 0 Å². The lowest BCUT2D eigenvalue weighted by Crippen LogP contribution is -2.10. The number of aromatic nitrogens is 1. The average molecular weight is 334 g/mol. The Bertz CT molecular complexity index is 687. The number of aryl methyl sites for hydroxylation is 1. The second-order valence-electron chi connectivity index (χ2n) is 5.16. The van der Waals surface area contributed by atoms with Gasteiger partial charge in [-0.05, 0) is 37.1 Å². The first-order chi connectivity index (χ1) is 11.0. The SMILES string of the molecule is CCCC(=O)Nc1ccc(Nc2cc(C)c(Cl)cc2OC)nc1. The van der Waals surface area contributed by atoms with E-state index >= 15 is 0 Å². The number of hydrogen-bond donors (Lipinski definition) is 2. The van der Waals surface area contributed by atoms with Gasteiger partial charge in [0.1, 0.15) is 11.6 Å². The van der Waals surface area contributed by atoms with Crippen molar-refractivity contribution in [3.05, 3.63) is 41.0 Å². The van der Waals surface area contributed by atoms with E-state index in [9.17, 15) is 4.79 Å². The topological polar surface area (TPSA) is 63.2 Å². The fraction of sp³-hybridized carbons (Fsp3) is 0.294. The van der Waals surface area contributed by atoms with Crippen LogP contribution >= 0.6 is 11.6 Å². The van der Waals surface area contributed by atoms with Gasteiger partial charge in [-0.3, -0.25) is 4.79 Å². The smallest absolute Gasteiger partial charge is 0.224 e. The Hall–Kier alpha value is -2.27. The van der Waals surface area contributed by atoms with Gasteiger partial charge in [0.15, 0.2) is 0 Å². The summed E-state index contributed by atoms with van der Waals surface area (Å²) in [5, 5.41) is 6.64. The van der Waals surface area contributed by atoms with Crippen molar-refractivity contribution in [2.75, 3.05) is 17.7 Å². The molecule has 0 aliphatic carbocycles. The van der Waals surface area contributed by atoms with E-state index in [4.69, 9.17) is 16.3 Å². The Morgan fingerprint density at radius 3 is 2.74 bits per heavy atom. The van der Waals surface area contributed by atoms with E-state index in [1.807, 2.05) is 19.9 Å². The zero-order valence-electron chi connectivity index (χ0n) is 13.4. The first-order valence-corrected chi connectivity index (χ1v) is 7.78. The maximum absolute atomic E-state index is 11.6. The van der Waals surface area contributed by atoms with Crippen molar-refractivity contribution < 1.29 is 9.53 Å². The van der Waals surface area contributed by atoms with Gasteiger partial charge < -0.3 is 15.4 Å². The monoisotopic (exact) mass is 333 g/mol. The minimum Gasteiger partial charge on any atom is -0.495 e. The molecule has 6 heteroatoms. The molecular weight excluding hydrogens is 314 g/mol. The quantitative estimate of drug-likeness (QED) is 0.815. The Balaban J connectivity index is 2.12. The van der Waals surface area contributed by atoms with Gasteiger partial charge in [-0.2, -0.15) is 0 Å². The number of pyridine rings is 1. The second kappa shape index (κ2) is 7.83. The van der Waals surface area contributed by atoms with Crippen LogP contribution in [0.3, 0.4) is 0 Å². The molecule has 0 unspecified atom stereocenters. The molecule has 0 spiro atoms. The zero-order chi connectivity index (χ0) is 16.8. The number of nitrogens with one attached hydrogen (secondary N) is 2. The molecule has 23 heavy (non-hydrogen) atoms. The number of benzene rings is 1. The van der Waals surface area contributed by atoms with E-state index in [2.05, 4.69) is 15.6 Å². The standard InChI is InChI=1S/C17H20ClN3O2/c1-4-5-17(22)20-12-6-7-16(19-10-12)21-14-8-11(2)13(18)9-15(14)23-3/h6-10H,4-5H2,1-3H3,(H,19,21)(H,20,22). The first-order valence-electron chi connectivity index (χ1n) is 7.40. The summed E-state index contributed by atoms with van der Waals surface area (Å²) < 4.78 is 5.32. The van der Waals surface area contributed by atoms with Gasteiger partial charge in [-0.25, -0.2) is 4.98 Å². The van der Waals surface area contributed by atoms with Crippen molar-refractivity contribution in [2.45, 2.75) is 26.7 Å². The third kappa shape index (κ3) is 4.60. The minimum atomic E-state index is -0.00926. The molecule has 0 saturated heterocycles.